The van der Waals surface area contributed by atoms with Crippen LogP contribution in [0.1, 0.15) is 0 Å². The van der Waals surface area contributed by atoms with Crippen LogP contribution in [0, 0.1) is 0 Å². The van der Waals surface area contributed by atoms with Crippen molar-refractivity contribution in [2.24, 2.45) is 0 Å². The van der Waals surface area contributed by atoms with Crippen LogP contribution in [0.3, 0.4) is 0 Å². The molecule has 0 radical (unpaired) electrons. The first kappa shape index (κ1) is 20.3. The van der Waals surface area contributed by atoms with Crippen LogP contribution < -0.4 is 0 Å². The van der Waals surface area contributed by atoms with Crippen LogP contribution in [0.5, 0.6) is 0 Å². The van der Waals surface area contributed by atoms with Crippen molar-refractivity contribution in [3.63, 3.8) is 0 Å². The minimum Gasteiger partial charge on any atom is -0.395 e. The Bertz CT molecular complexity index is 361. The van der Waals surface area contributed by atoms with E-state index < -0.39 is 66.3 Å². The Labute approximate surface area is 142 Å². The van der Waals surface area contributed by atoms with Gasteiger partial charge in [0.25, 0.3) is 0 Å². The third-order valence-electron chi connectivity index (χ3n) is 4.17. The lowest BCUT2D eigenvalue weighted by molar-refractivity contribution is -0.297. The molecule has 2 aliphatic heterocycles. The van der Waals surface area contributed by atoms with Gasteiger partial charge in [-0.2, -0.15) is 0 Å². The summed E-state index contributed by atoms with van der Waals surface area (Å²) in [6.07, 6.45) is -10.8. The van der Waals surface area contributed by atoms with Gasteiger partial charge in [0, 0.05) is 7.11 Å². The molecule has 0 spiro atoms. The van der Waals surface area contributed by atoms with Crippen LogP contribution >= 0.6 is 11.8 Å². The van der Waals surface area contributed by atoms with E-state index in [9.17, 15) is 35.7 Å². The number of ether oxygens (including phenoxy) is 3. The van der Waals surface area contributed by atoms with Gasteiger partial charge in [-0.15, -0.1) is 11.8 Å². The van der Waals surface area contributed by atoms with Gasteiger partial charge in [0.15, 0.2) is 6.29 Å². The molecule has 0 aromatic heterocycles. The fourth-order valence-corrected chi connectivity index (χ4v) is 3.88. The number of hydrogen-bond donors (Lipinski definition) is 7. The van der Waals surface area contributed by atoms with Gasteiger partial charge in [0.05, 0.1) is 24.6 Å². The highest BCUT2D eigenvalue weighted by Crippen LogP contribution is 2.34. The predicted molar refractivity (Wildman–Crippen MR) is 79.9 cm³/mol. The summed E-state index contributed by atoms with van der Waals surface area (Å²) < 4.78 is 15.6. The van der Waals surface area contributed by atoms with Gasteiger partial charge in [-0.05, 0) is 0 Å². The zero-order chi connectivity index (χ0) is 18.0. The van der Waals surface area contributed by atoms with Gasteiger partial charge in [-0.3, -0.25) is 0 Å². The van der Waals surface area contributed by atoms with Crippen molar-refractivity contribution in [1.29, 1.82) is 0 Å². The van der Waals surface area contributed by atoms with Gasteiger partial charge < -0.3 is 50.0 Å². The molecule has 0 aromatic carbocycles. The zero-order valence-corrected chi connectivity index (χ0v) is 13.8. The summed E-state index contributed by atoms with van der Waals surface area (Å²) in [5, 5.41) is 67.3. The Kier molecular flexibility index (Phi) is 7.22. The fourth-order valence-electron chi connectivity index (χ4n) is 2.64. The average molecular weight is 372 g/mol. The SMILES string of the molecule is CO[C@H]1O[C@@H](CO[C@H]2S[C@@H](CO)[C@@H](O)[C@H](O)[C@H]2O)[C@@H](O)[C@H](O)[C@H]1O. The maximum Gasteiger partial charge on any atom is 0.186 e. The third-order valence-corrected chi connectivity index (χ3v) is 5.63. The molecule has 2 heterocycles. The Hall–Kier alpha value is -0.0500. The van der Waals surface area contributed by atoms with Crippen molar-refractivity contribution in [3.05, 3.63) is 0 Å². The van der Waals surface area contributed by atoms with E-state index in [2.05, 4.69) is 0 Å². The third kappa shape index (κ3) is 4.02. The normalized spacial score (nSPS) is 50.0. The number of aliphatic hydroxyl groups is 7. The standard InChI is InChI=1S/C13H24O10S/c1-21-12-10(19)8(17)6(15)4(23-12)3-22-13-11(20)9(18)7(16)5(2-14)24-13/h4-20H,2-3H2,1H3/t4-,5-,6+,7+,8-,9-,10+,11+,12-,13-/m0/s1. The number of aliphatic hydroxyl groups excluding tert-OH is 7. The number of hydrogen-bond acceptors (Lipinski definition) is 11. The van der Waals surface area contributed by atoms with Crippen LogP contribution in [-0.2, 0) is 14.2 Å². The van der Waals surface area contributed by atoms with Crippen LogP contribution in [0.2, 0.25) is 0 Å². The highest BCUT2D eigenvalue weighted by molar-refractivity contribution is 8.00. The summed E-state index contributed by atoms with van der Waals surface area (Å²) in [5.74, 6) is 0. The predicted octanol–water partition coefficient (Wildman–Crippen LogP) is -4.03. The molecule has 0 unspecified atom stereocenters. The maximum atomic E-state index is 9.95. The Morgan fingerprint density at radius 3 is 2.08 bits per heavy atom. The zero-order valence-electron chi connectivity index (χ0n) is 13.0. The highest BCUT2D eigenvalue weighted by Gasteiger charge is 2.46. The molecule has 2 aliphatic rings. The van der Waals surface area contributed by atoms with E-state index in [1.54, 1.807) is 0 Å². The van der Waals surface area contributed by atoms with Crippen LogP contribution in [-0.4, -0.2) is 116 Å². The molecule has 0 aliphatic carbocycles. The molecule has 11 heteroatoms. The molecular weight excluding hydrogens is 348 g/mol. The van der Waals surface area contributed by atoms with Crippen molar-refractivity contribution < 1.29 is 50.0 Å². The molecule has 142 valence electrons. The molecule has 24 heavy (non-hydrogen) atoms. The monoisotopic (exact) mass is 372 g/mol. The van der Waals surface area contributed by atoms with Crippen molar-refractivity contribution >= 4 is 11.8 Å². The van der Waals surface area contributed by atoms with Crippen LogP contribution in [0.25, 0.3) is 0 Å². The molecule has 0 saturated carbocycles. The van der Waals surface area contributed by atoms with E-state index in [1.165, 1.54) is 7.11 Å². The molecule has 0 aromatic rings. The summed E-state index contributed by atoms with van der Waals surface area (Å²) in [6.45, 7) is -0.699. The summed E-state index contributed by atoms with van der Waals surface area (Å²) in [5.41, 5.74) is -0.985. The van der Waals surface area contributed by atoms with E-state index in [-0.39, 0.29) is 6.61 Å². The molecule has 7 N–H and O–H groups in total. The molecule has 10 nitrogen and oxygen atoms in total. The lowest BCUT2D eigenvalue weighted by Gasteiger charge is -2.42. The van der Waals surface area contributed by atoms with Crippen molar-refractivity contribution in [3.8, 4) is 0 Å². The Morgan fingerprint density at radius 1 is 0.875 bits per heavy atom. The number of thioether (sulfide) groups is 1. The topological polar surface area (TPSA) is 169 Å². The molecule has 2 rings (SSSR count). The largest absolute Gasteiger partial charge is 0.395 e. The molecular formula is C13H24O10S. The first-order valence-corrected chi connectivity index (χ1v) is 8.40. The van der Waals surface area contributed by atoms with E-state index >= 15 is 0 Å². The molecule has 0 amide bonds. The lowest BCUT2D eigenvalue weighted by atomic mass is 9.99. The highest BCUT2D eigenvalue weighted by atomic mass is 32.2. The van der Waals surface area contributed by atoms with Crippen molar-refractivity contribution in [2.75, 3.05) is 20.3 Å². The van der Waals surface area contributed by atoms with Crippen molar-refractivity contribution in [2.45, 2.75) is 59.7 Å². The average Bonchev–Trinajstić information content (AvgIpc) is 2.58. The first-order valence-electron chi connectivity index (χ1n) is 7.46. The second-order valence-electron chi connectivity index (χ2n) is 5.78. The molecule has 2 fully saturated rings. The van der Waals surface area contributed by atoms with Gasteiger partial charge in [-0.25, -0.2) is 0 Å². The van der Waals surface area contributed by atoms with E-state index in [1.807, 2.05) is 0 Å². The summed E-state index contributed by atoms with van der Waals surface area (Å²) >= 11 is 0.937. The number of methoxy groups -OCH3 is 1. The minimum absolute atomic E-state index is 0.277. The lowest BCUT2D eigenvalue weighted by Crippen LogP contribution is -2.60. The van der Waals surface area contributed by atoms with Gasteiger partial charge >= 0.3 is 0 Å². The second kappa shape index (κ2) is 8.56. The minimum atomic E-state index is -1.50. The molecule has 0 bridgehead atoms. The molecule has 10 atom stereocenters. The summed E-state index contributed by atoms with van der Waals surface area (Å²) in [7, 11) is 1.26. The maximum absolute atomic E-state index is 9.95. The van der Waals surface area contributed by atoms with Crippen molar-refractivity contribution in [1.82, 2.24) is 0 Å². The van der Waals surface area contributed by atoms with Gasteiger partial charge in [0.1, 0.15) is 42.1 Å². The number of rotatable bonds is 5. The Morgan fingerprint density at radius 2 is 1.50 bits per heavy atom. The van der Waals surface area contributed by atoms with Crippen LogP contribution in [0.15, 0.2) is 0 Å². The van der Waals surface area contributed by atoms with E-state index in [0.29, 0.717) is 0 Å². The summed E-state index contributed by atoms with van der Waals surface area (Å²) in [4.78, 5) is 0. The van der Waals surface area contributed by atoms with E-state index in [4.69, 9.17) is 14.2 Å². The second-order valence-corrected chi connectivity index (χ2v) is 7.12. The van der Waals surface area contributed by atoms with Gasteiger partial charge in [0.2, 0.25) is 0 Å². The van der Waals surface area contributed by atoms with E-state index in [0.717, 1.165) is 11.8 Å². The fraction of sp³-hybridized carbons (Fsp3) is 1.00. The smallest absolute Gasteiger partial charge is 0.186 e. The van der Waals surface area contributed by atoms with Crippen LogP contribution in [0.4, 0.5) is 0 Å². The molecule has 2 saturated heterocycles. The quantitative estimate of drug-likeness (QED) is 0.251. The first-order chi connectivity index (χ1) is 11.3. The summed E-state index contributed by atoms with van der Waals surface area (Å²) in [6, 6.07) is 0. The van der Waals surface area contributed by atoms with Gasteiger partial charge in [-0.1, -0.05) is 0 Å². The Balaban J connectivity index is 1.96.